The monoisotopic (exact) mass is 195 g/mol. The van der Waals surface area contributed by atoms with Crippen molar-refractivity contribution in [2.45, 2.75) is 19.4 Å². The van der Waals surface area contributed by atoms with E-state index in [-0.39, 0.29) is 17.9 Å². The number of carbonyl (C=O) groups excluding carboxylic acids is 1. The Morgan fingerprint density at radius 3 is 3.21 bits per heavy atom. The highest BCUT2D eigenvalue weighted by molar-refractivity contribution is 5.93. The fourth-order valence-electron chi connectivity index (χ4n) is 1.55. The first-order chi connectivity index (χ1) is 6.77. The maximum Gasteiger partial charge on any atom is 0.256 e. The van der Waals surface area contributed by atoms with Gasteiger partial charge in [-0.05, 0) is 12.3 Å². The Labute approximate surface area is 81.9 Å². The van der Waals surface area contributed by atoms with Gasteiger partial charge in [0.15, 0.2) is 0 Å². The number of ether oxygens (including phenoxy) is 1. The van der Waals surface area contributed by atoms with E-state index in [1.807, 2.05) is 6.92 Å². The second kappa shape index (κ2) is 3.79. The topological polar surface area (TPSA) is 67.0 Å². The summed E-state index contributed by atoms with van der Waals surface area (Å²) in [5.74, 6) is 0.632. The van der Waals surface area contributed by atoms with Crippen molar-refractivity contribution >= 4 is 11.9 Å². The third-order valence-electron chi connectivity index (χ3n) is 2.39. The number of imidazole rings is 1. The highest BCUT2D eigenvalue weighted by atomic mass is 16.5. The molecule has 1 saturated heterocycles. The van der Waals surface area contributed by atoms with E-state index in [0.717, 1.165) is 6.42 Å². The number of rotatable bonds is 2. The lowest BCUT2D eigenvalue weighted by molar-refractivity contribution is -0.126. The number of H-pyrrole nitrogens is 1. The third kappa shape index (κ3) is 1.77. The molecule has 14 heavy (non-hydrogen) atoms. The average Bonchev–Trinajstić information content (AvgIpc) is 2.75. The highest BCUT2D eigenvalue weighted by Gasteiger charge is 2.31. The molecule has 2 atom stereocenters. The normalized spacial score (nSPS) is 26.4. The van der Waals surface area contributed by atoms with Crippen LogP contribution in [0.3, 0.4) is 0 Å². The first-order valence-corrected chi connectivity index (χ1v) is 4.69. The number of aromatic amines is 1. The van der Waals surface area contributed by atoms with Gasteiger partial charge in [0.05, 0.1) is 0 Å². The smallest absolute Gasteiger partial charge is 0.256 e. The van der Waals surface area contributed by atoms with Gasteiger partial charge in [-0.15, -0.1) is 0 Å². The summed E-state index contributed by atoms with van der Waals surface area (Å²) in [7, 11) is 0. The summed E-state index contributed by atoms with van der Waals surface area (Å²) in [6.45, 7) is 2.68. The van der Waals surface area contributed by atoms with Gasteiger partial charge in [-0.1, -0.05) is 6.92 Å². The van der Waals surface area contributed by atoms with Gasteiger partial charge >= 0.3 is 0 Å². The van der Waals surface area contributed by atoms with Crippen molar-refractivity contribution < 1.29 is 9.53 Å². The predicted octanol–water partition coefficient (Wildman–Crippen LogP) is 0.773. The minimum Gasteiger partial charge on any atom is -0.368 e. The Hall–Kier alpha value is -1.36. The molecule has 5 heteroatoms. The van der Waals surface area contributed by atoms with Crippen LogP contribution in [0.15, 0.2) is 12.4 Å². The van der Waals surface area contributed by atoms with Crippen LogP contribution in [0.25, 0.3) is 0 Å². The fourth-order valence-corrected chi connectivity index (χ4v) is 1.55. The van der Waals surface area contributed by atoms with Crippen LogP contribution in [-0.4, -0.2) is 28.6 Å². The highest BCUT2D eigenvalue weighted by Crippen LogP contribution is 2.20. The molecule has 5 nitrogen and oxygen atoms in total. The van der Waals surface area contributed by atoms with Crippen molar-refractivity contribution in [3.05, 3.63) is 12.4 Å². The molecular weight excluding hydrogens is 182 g/mol. The van der Waals surface area contributed by atoms with Crippen molar-refractivity contribution in [1.29, 1.82) is 0 Å². The maximum atomic E-state index is 11.6. The first-order valence-electron chi connectivity index (χ1n) is 4.69. The molecule has 2 N–H and O–H groups in total. The summed E-state index contributed by atoms with van der Waals surface area (Å²) in [5.41, 5.74) is 0. The number of nitrogens with one attached hydrogen (secondary N) is 2. The van der Waals surface area contributed by atoms with Gasteiger partial charge in [0.1, 0.15) is 6.10 Å². The molecule has 76 valence electrons. The second-order valence-corrected chi connectivity index (χ2v) is 3.48. The second-order valence-electron chi connectivity index (χ2n) is 3.48. The van der Waals surface area contributed by atoms with Gasteiger partial charge in [-0.25, -0.2) is 4.98 Å². The average molecular weight is 195 g/mol. The number of carbonyl (C=O) groups is 1. The van der Waals surface area contributed by atoms with Crippen molar-refractivity contribution in [1.82, 2.24) is 9.97 Å². The zero-order valence-electron chi connectivity index (χ0n) is 7.99. The molecule has 1 fully saturated rings. The molecule has 0 aliphatic carbocycles. The quantitative estimate of drug-likeness (QED) is 0.732. The van der Waals surface area contributed by atoms with E-state index in [9.17, 15) is 4.79 Å². The lowest BCUT2D eigenvalue weighted by Gasteiger charge is -2.12. The van der Waals surface area contributed by atoms with E-state index < -0.39 is 0 Å². The Balaban J connectivity index is 1.95. The SMILES string of the molecule is CC1CCOC1C(=O)Nc1ncc[nH]1. The number of hydrogen-bond donors (Lipinski definition) is 2. The number of amides is 1. The van der Waals surface area contributed by atoms with Crippen LogP contribution < -0.4 is 5.32 Å². The summed E-state index contributed by atoms with van der Waals surface area (Å²) in [6, 6.07) is 0. The molecule has 0 aromatic carbocycles. The van der Waals surface area contributed by atoms with Crippen LogP contribution in [0.1, 0.15) is 13.3 Å². The molecular formula is C9H13N3O2. The Morgan fingerprint density at radius 2 is 2.64 bits per heavy atom. The Kier molecular flexibility index (Phi) is 2.49. The van der Waals surface area contributed by atoms with E-state index in [0.29, 0.717) is 12.6 Å². The molecule has 1 aromatic rings. The zero-order valence-corrected chi connectivity index (χ0v) is 7.99. The fraction of sp³-hybridized carbons (Fsp3) is 0.556. The lowest BCUT2D eigenvalue weighted by atomic mass is 10.0. The summed E-state index contributed by atoms with van der Waals surface area (Å²) in [6.07, 6.45) is 3.86. The van der Waals surface area contributed by atoms with Crippen LogP contribution in [0, 0.1) is 5.92 Å². The molecule has 0 radical (unpaired) electrons. The minimum absolute atomic E-state index is 0.120. The van der Waals surface area contributed by atoms with Crippen LogP contribution in [-0.2, 0) is 9.53 Å². The maximum absolute atomic E-state index is 11.6. The molecule has 1 aliphatic rings. The molecule has 1 amide bonds. The van der Waals surface area contributed by atoms with Gasteiger partial charge in [-0.2, -0.15) is 0 Å². The van der Waals surface area contributed by atoms with Gasteiger partial charge < -0.3 is 9.72 Å². The largest absolute Gasteiger partial charge is 0.368 e. The summed E-state index contributed by atoms with van der Waals surface area (Å²) in [5, 5.41) is 2.66. The molecule has 0 saturated carbocycles. The van der Waals surface area contributed by atoms with Gasteiger partial charge in [0.2, 0.25) is 5.95 Å². The van der Waals surface area contributed by atoms with Gasteiger partial charge in [0, 0.05) is 19.0 Å². The van der Waals surface area contributed by atoms with Crippen LogP contribution >= 0.6 is 0 Å². The molecule has 2 unspecified atom stereocenters. The number of anilines is 1. The Bertz CT molecular complexity index is 310. The van der Waals surface area contributed by atoms with Crippen LogP contribution in [0.2, 0.25) is 0 Å². The number of nitrogens with zero attached hydrogens (tertiary/aromatic N) is 1. The molecule has 1 aliphatic heterocycles. The summed E-state index contributed by atoms with van der Waals surface area (Å²) in [4.78, 5) is 18.3. The van der Waals surface area contributed by atoms with Crippen LogP contribution in [0.4, 0.5) is 5.95 Å². The molecule has 0 spiro atoms. The van der Waals surface area contributed by atoms with Crippen molar-refractivity contribution in [2.75, 3.05) is 11.9 Å². The zero-order chi connectivity index (χ0) is 9.97. The standard InChI is InChI=1S/C9H13N3O2/c1-6-2-5-14-7(6)8(13)12-9-10-3-4-11-9/h3-4,6-7H,2,5H2,1H3,(H2,10,11,12,13). The van der Waals surface area contributed by atoms with E-state index in [2.05, 4.69) is 15.3 Å². The van der Waals surface area contributed by atoms with Crippen molar-refractivity contribution in [2.24, 2.45) is 5.92 Å². The third-order valence-corrected chi connectivity index (χ3v) is 2.39. The van der Waals surface area contributed by atoms with E-state index >= 15 is 0 Å². The van der Waals surface area contributed by atoms with Crippen molar-refractivity contribution in [3.8, 4) is 0 Å². The molecule has 2 heterocycles. The molecule has 2 rings (SSSR count). The number of hydrogen-bond acceptors (Lipinski definition) is 3. The van der Waals surface area contributed by atoms with E-state index in [4.69, 9.17) is 4.74 Å². The van der Waals surface area contributed by atoms with Gasteiger partial charge in [-0.3, -0.25) is 10.1 Å². The van der Waals surface area contributed by atoms with Crippen molar-refractivity contribution in [3.63, 3.8) is 0 Å². The minimum atomic E-state index is -0.333. The summed E-state index contributed by atoms with van der Waals surface area (Å²) >= 11 is 0. The first kappa shape index (κ1) is 9.21. The predicted molar refractivity (Wildman–Crippen MR) is 50.7 cm³/mol. The van der Waals surface area contributed by atoms with Crippen LogP contribution in [0.5, 0.6) is 0 Å². The van der Waals surface area contributed by atoms with E-state index in [1.165, 1.54) is 0 Å². The Morgan fingerprint density at radius 1 is 1.79 bits per heavy atom. The number of aromatic nitrogens is 2. The van der Waals surface area contributed by atoms with Gasteiger partial charge in [0.25, 0.3) is 5.91 Å². The lowest BCUT2D eigenvalue weighted by Crippen LogP contribution is -2.31. The molecule has 0 bridgehead atoms. The van der Waals surface area contributed by atoms with E-state index in [1.54, 1.807) is 12.4 Å². The summed E-state index contributed by atoms with van der Waals surface area (Å²) < 4.78 is 5.32. The molecule has 1 aromatic heterocycles.